The molecule has 3 nitrogen and oxygen atoms in total. The average molecular weight is 283 g/mol. The maximum atomic E-state index is 12.3. The highest BCUT2D eigenvalue weighted by Gasteiger charge is 2.40. The summed E-state index contributed by atoms with van der Waals surface area (Å²) in [5, 5.41) is 2.04. The van der Waals surface area contributed by atoms with Crippen molar-refractivity contribution >= 4 is 29.0 Å². The van der Waals surface area contributed by atoms with Gasteiger partial charge in [0.2, 0.25) is 0 Å². The summed E-state index contributed by atoms with van der Waals surface area (Å²) >= 11 is 3.47. The van der Waals surface area contributed by atoms with E-state index in [4.69, 9.17) is 4.74 Å². The van der Waals surface area contributed by atoms with E-state index in [2.05, 4.69) is 0 Å². The first kappa shape index (κ1) is 12.5. The van der Waals surface area contributed by atoms with Crippen molar-refractivity contribution in [3.63, 3.8) is 0 Å². The fourth-order valence-electron chi connectivity index (χ4n) is 2.54. The van der Waals surface area contributed by atoms with Gasteiger partial charge >= 0.3 is 0 Å². The fourth-order valence-corrected chi connectivity index (χ4v) is 4.58. The van der Waals surface area contributed by atoms with Crippen molar-refractivity contribution in [2.75, 3.05) is 25.4 Å². The van der Waals surface area contributed by atoms with Crippen LogP contribution in [-0.4, -0.2) is 41.2 Å². The normalized spacial score (nSPS) is 22.6. The third-order valence-corrected chi connectivity index (χ3v) is 6.03. The number of thiophene rings is 1. The van der Waals surface area contributed by atoms with Gasteiger partial charge < -0.3 is 9.64 Å². The fraction of sp³-hybridized carbons (Fsp3) is 0.615. The minimum absolute atomic E-state index is 0.0160. The maximum absolute atomic E-state index is 12.3. The number of nitrogens with zero attached hydrogens (tertiary/aromatic N) is 1. The molecule has 2 aliphatic heterocycles. The lowest BCUT2D eigenvalue weighted by atomic mass is 10.1. The van der Waals surface area contributed by atoms with Gasteiger partial charge in [0.15, 0.2) is 0 Å². The third kappa shape index (κ3) is 2.31. The van der Waals surface area contributed by atoms with Crippen molar-refractivity contribution in [3.05, 3.63) is 21.9 Å². The summed E-state index contributed by atoms with van der Waals surface area (Å²) < 4.78 is 5.85. The molecule has 3 rings (SSSR count). The first-order valence-corrected chi connectivity index (χ1v) is 8.17. The van der Waals surface area contributed by atoms with E-state index in [9.17, 15) is 4.79 Å². The van der Waals surface area contributed by atoms with Crippen LogP contribution >= 0.6 is 23.1 Å². The van der Waals surface area contributed by atoms with Gasteiger partial charge in [-0.05, 0) is 23.9 Å². The molecule has 0 N–H and O–H groups in total. The zero-order chi connectivity index (χ0) is 12.6. The summed E-state index contributed by atoms with van der Waals surface area (Å²) in [7, 11) is 0. The van der Waals surface area contributed by atoms with E-state index in [0.717, 1.165) is 43.2 Å². The molecule has 1 amide bonds. The van der Waals surface area contributed by atoms with Crippen LogP contribution in [0.15, 0.2) is 11.4 Å². The average Bonchev–Trinajstić information content (AvgIpc) is 3.00. The predicted octanol–water partition coefficient (Wildman–Crippen LogP) is 2.75. The van der Waals surface area contributed by atoms with Crippen molar-refractivity contribution in [1.82, 2.24) is 4.90 Å². The zero-order valence-corrected chi connectivity index (χ0v) is 12.1. The Morgan fingerprint density at radius 2 is 2.22 bits per heavy atom. The Morgan fingerprint density at radius 1 is 1.44 bits per heavy atom. The lowest BCUT2D eigenvalue weighted by molar-refractivity contribution is 0.00365. The van der Waals surface area contributed by atoms with Crippen molar-refractivity contribution in [2.24, 2.45) is 0 Å². The van der Waals surface area contributed by atoms with Crippen LogP contribution in [0.5, 0.6) is 0 Å². The highest BCUT2D eigenvalue weighted by molar-refractivity contribution is 8.00. The number of carbonyl (C=O) groups excluding carboxylic acids is 1. The Hall–Kier alpha value is -0.520. The molecule has 2 saturated heterocycles. The molecule has 3 heterocycles. The van der Waals surface area contributed by atoms with Gasteiger partial charge in [0, 0.05) is 31.7 Å². The second-order valence-electron chi connectivity index (χ2n) is 4.89. The largest absolute Gasteiger partial charge is 0.363 e. The van der Waals surface area contributed by atoms with Crippen LogP contribution in [-0.2, 0) is 4.74 Å². The molecule has 0 atom stereocenters. The molecule has 0 aromatic carbocycles. The number of piperidine rings is 1. The summed E-state index contributed by atoms with van der Waals surface area (Å²) in [4.78, 5) is 15.2. The van der Waals surface area contributed by atoms with Crippen LogP contribution in [0.2, 0.25) is 0 Å². The number of carbonyl (C=O) groups is 1. The molecule has 1 aromatic rings. The standard InChI is InChI=1S/C13H17NO2S2/c1-10-8-11(17-9-10)12(15)14-4-2-13(3-5-14)16-6-7-18-13/h8-9H,2-7H2,1H3. The topological polar surface area (TPSA) is 29.5 Å². The smallest absolute Gasteiger partial charge is 0.263 e. The minimum atomic E-state index is 0.0160. The molecule has 5 heteroatoms. The van der Waals surface area contributed by atoms with Crippen molar-refractivity contribution in [1.29, 1.82) is 0 Å². The van der Waals surface area contributed by atoms with Gasteiger partial charge in [-0.3, -0.25) is 4.79 Å². The van der Waals surface area contributed by atoms with E-state index in [1.807, 2.05) is 35.0 Å². The van der Waals surface area contributed by atoms with Crippen LogP contribution in [0.3, 0.4) is 0 Å². The van der Waals surface area contributed by atoms with E-state index in [1.165, 1.54) is 5.56 Å². The number of rotatable bonds is 1. The van der Waals surface area contributed by atoms with Gasteiger partial charge in [0.25, 0.3) is 5.91 Å². The van der Waals surface area contributed by atoms with Gasteiger partial charge in [0.05, 0.1) is 11.5 Å². The Labute approximate surface area is 116 Å². The van der Waals surface area contributed by atoms with Crippen molar-refractivity contribution in [2.45, 2.75) is 24.7 Å². The summed E-state index contributed by atoms with van der Waals surface area (Å²) in [5.74, 6) is 1.28. The molecule has 98 valence electrons. The van der Waals surface area contributed by atoms with Gasteiger partial charge in [-0.25, -0.2) is 0 Å². The molecule has 18 heavy (non-hydrogen) atoms. The molecule has 0 saturated carbocycles. The predicted molar refractivity (Wildman–Crippen MR) is 75.3 cm³/mol. The van der Waals surface area contributed by atoms with E-state index < -0.39 is 0 Å². The molecule has 0 bridgehead atoms. The van der Waals surface area contributed by atoms with E-state index in [-0.39, 0.29) is 10.8 Å². The number of amides is 1. The van der Waals surface area contributed by atoms with E-state index in [1.54, 1.807) is 11.3 Å². The lowest BCUT2D eigenvalue weighted by Gasteiger charge is -2.37. The van der Waals surface area contributed by atoms with Gasteiger partial charge in [-0.1, -0.05) is 0 Å². The number of aryl methyl sites for hydroxylation is 1. The van der Waals surface area contributed by atoms with Crippen LogP contribution in [0.1, 0.15) is 28.1 Å². The van der Waals surface area contributed by atoms with Crippen LogP contribution in [0, 0.1) is 6.92 Å². The molecule has 1 aromatic heterocycles. The summed E-state index contributed by atoms with van der Waals surface area (Å²) in [6, 6.07) is 1.98. The second kappa shape index (κ2) is 4.87. The highest BCUT2D eigenvalue weighted by Crippen LogP contribution is 2.41. The number of likely N-dealkylation sites (tertiary alicyclic amines) is 1. The molecule has 0 unspecified atom stereocenters. The molecule has 0 aliphatic carbocycles. The zero-order valence-electron chi connectivity index (χ0n) is 10.5. The van der Waals surface area contributed by atoms with Gasteiger partial charge in [-0.2, -0.15) is 0 Å². The summed E-state index contributed by atoms with van der Waals surface area (Å²) in [6.45, 7) is 4.54. The monoisotopic (exact) mass is 283 g/mol. The second-order valence-corrected chi connectivity index (χ2v) is 7.24. The number of hydrogen-bond donors (Lipinski definition) is 0. The Morgan fingerprint density at radius 3 is 2.78 bits per heavy atom. The summed E-state index contributed by atoms with van der Waals surface area (Å²) in [6.07, 6.45) is 1.93. The Kier molecular flexibility index (Phi) is 3.38. The van der Waals surface area contributed by atoms with Gasteiger partial charge in [0.1, 0.15) is 4.93 Å². The quantitative estimate of drug-likeness (QED) is 0.794. The molecule has 2 aliphatic rings. The summed E-state index contributed by atoms with van der Waals surface area (Å²) in [5.41, 5.74) is 1.17. The van der Waals surface area contributed by atoms with Crippen LogP contribution < -0.4 is 0 Å². The SMILES string of the molecule is Cc1csc(C(=O)N2CCC3(CC2)OCCS3)c1. The molecular formula is C13H17NO2S2. The number of hydrogen-bond acceptors (Lipinski definition) is 4. The highest BCUT2D eigenvalue weighted by atomic mass is 32.2. The molecule has 2 fully saturated rings. The Bertz CT molecular complexity index is 442. The van der Waals surface area contributed by atoms with E-state index in [0.29, 0.717) is 0 Å². The first-order chi connectivity index (χ1) is 8.69. The minimum Gasteiger partial charge on any atom is -0.363 e. The maximum Gasteiger partial charge on any atom is 0.263 e. The van der Waals surface area contributed by atoms with E-state index >= 15 is 0 Å². The molecular weight excluding hydrogens is 266 g/mol. The molecule has 1 spiro atoms. The number of ether oxygens (including phenoxy) is 1. The number of thioether (sulfide) groups is 1. The van der Waals surface area contributed by atoms with Crippen LogP contribution in [0.25, 0.3) is 0 Å². The van der Waals surface area contributed by atoms with Gasteiger partial charge in [-0.15, -0.1) is 23.1 Å². The lowest BCUT2D eigenvalue weighted by Crippen LogP contribution is -2.44. The van der Waals surface area contributed by atoms with Crippen molar-refractivity contribution < 1.29 is 9.53 Å². The first-order valence-electron chi connectivity index (χ1n) is 6.31. The third-order valence-electron chi connectivity index (χ3n) is 3.57. The van der Waals surface area contributed by atoms with Crippen molar-refractivity contribution in [3.8, 4) is 0 Å². The Balaban J connectivity index is 1.64. The van der Waals surface area contributed by atoms with Crippen LogP contribution in [0.4, 0.5) is 0 Å². The molecule has 0 radical (unpaired) electrons.